The number of halogens is 2. The smallest absolute Gasteiger partial charge is 0.261 e. The minimum Gasteiger partial charge on any atom is -0.352 e. The second-order valence-corrected chi connectivity index (χ2v) is 10.6. The zero-order valence-corrected chi connectivity index (χ0v) is 18.4. The molecule has 2 aliphatic rings. The summed E-state index contributed by atoms with van der Waals surface area (Å²) in [5.41, 5.74) is 1.56. The zero-order chi connectivity index (χ0) is 21.7. The van der Waals surface area contributed by atoms with Crippen LogP contribution in [0.1, 0.15) is 23.6 Å². The normalized spacial score (nSPS) is 21.0. The van der Waals surface area contributed by atoms with Crippen LogP contribution in [0.5, 0.6) is 0 Å². The van der Waals surface area contributed by atoms with Gasteiger partial charge in [-0.1, -0.05) is 29.8 Å². The highest BCUT2D eigenvalue weighted by Crippen LogP contribution is 2.38. The lowest BCUT2D eigenvalue weighted by Gasteiger charge is -2.44. The third-order valence-electron chi connectivity index (χ3n) is 5.65. The van der Waals surface area contributed by atoms with Gasteiger partial charge in [0.05, 0.1) is 11.3 Å². The van der Waals surface area contributed by atoms with E-state index in [1.54, 1.807) is 30.3 Å². The molecule has 1 atom stereocenters. The standard InChI is InChI=1S/C20H19Cl2N3O4S/c1-20(11-23-19(20)27)25-9-13-6-14(8-17(15(13)10-25)30(22,28)29)24-18(26)7-12-4-2-3-5-16(12)21/h2-6,8H,7,9-11H2,1H3,(H,23,27)(H,24,26). The summed E-state index contributed by atoms with van der Waals surface area (Å²) in [5.74, 6) is -0.431. The van der Waals surface area contributed by atoms with Crippen molar-refractivity contribution in [2.24, 2.45) is 0 Å². The van der Waals surface area contributed by atoms with Gasteiger partial charge in [-0.15, -0.1) is 0 Å². The Labute approximate surface area is 183 Å². The summed E-state index contributed by atoms with van der Waals surface area (Å²) in [6.07, 6.45) is 0.0457. The SMILES string of the molecule is CC1(N2Cc3cc(NC(=O)Cc4ccccc4Cl)cc(S(=O)(=O)Cl)c3C2)CNC1=O. The molecule has 158 valence electrons. The molecule has 0 aliphatic carbocycles. The van der Waals surface area contributed by atoms with Crippen molar-refractivity contribution < 1.29 is 18.0 Å². The number of hydrogen-bond donors (Lipinski definition) is 2. The topological polar surface area (TPSA) is 95.6 Å². The zero-order valence-electron chi connectivity index (χ0n) is 16.0. The number of β-lactam (4-membered cyclic amide) rings is 1. The summed E-state index contributed by atoms with van der Waals surface area (Å²) in [5, 5.41) is 5.93. The molecule has 1 fully saturated rings. The van der Waals surface area contributed by atoms with Crippen molar-refractivity contribution in [2.45, 2.75) is 36.9 Å². The molecule has 0 aromatic heterocycles. The number of carbonyl (C=O) groups excluding carboxylic acids is 2. The maximum Gasteiger partial charge on any atom is 0.261 e. The van der Waals surface area contributed by atoms with Crippen molar-refractivity contribution >= 4 is 48.8 Å². The average Bonchev–Trinajstić information content (AvgIpc) is 3.10. The van der Waals surface area contributed by atoms with Crippen molar-refractivity contribution in [1.82, 2.24) is 10.2 Å². The molecule has 2 N–H and O–H groups in total. The Hall–Kier alpha value is -2.13. The molecule has 0 saturated carbocycles. The summed E-state index contributed by atoms with van der Waals surface area (Å²) in [4.78, 5) is 26.4. The molecule has 2 aliphatic heterocycles. The molecule has 0 spiro atoms. The number of nitrogens with one attached hydrogen (secondary N) is 2. The Morgan fingerprint density at radius 3 is 2.60 bits per heavy atom. The fraction of sp³-hybridized carbons (Fsp3) is 0.300. The number of nitrogens with zero attached hydrogens (tertiary/aromatic N) is 1. The summed E-state index contributed by atoms with van der Waals surface area (Å²) in [7, 11) is 1.63. The van der Waals surface area contributed by atoms with Crippen molar-refractivity contribution in [1.29, 1.82) is 0 Å². The second kappa shape index (κ2) is 7.53. The molecule has 30 heavy (non-hydrogen) atoms. The Morgan fingerprint density at radius 2 is 2.00 bits per heavy atom. The van der Waals surface area contributed by atoms with Gasteiger partial charge in [-0.3, -0.25) is 14.5 Å². The summed E-state index contributed by atoms with van der Waals surface area (Å²) in [6, 6.07) is 10.1. The van der Waals surface area contributed by atoms with E-state index < -0.39 is 14.6 Å². The number of amides is 2. The van der Waals surface area contributed by atoms with Gasteiger partial charge in [0.1, 0.15) is 5.54 Å². The van der Waals surface area contributed by atoms with Gasteiger partial charge in [0.2, 0.25) is 11.8 Å². The molecule has 4 rings (SSSR count). The van der Waals surface area contributed by atoms with E-state index in [1.807, 2.05) is 11.8 Å². The van der Waals surface area contributed by atoms with Crippen LogP contribution in [0, 0.1) is 0 Å². The van der Waals surface area contributed by atoms with Gasteiger partial charge in [-0.05, 0) is 41.8 Å². The van der Waals surface area contributed by atoms with Crippen LogP contribution in [0.2, 0.25) is 5.02 Å². The van der Waals surface area contributed by atoms with Crippen molar-refractivity contribution in [2.75, 3.05) is 11.9 Å². The molecular formula is C20H19Cl2N3O4S. The van der Waals surface area contributed by atoms with Gasteiger partial charge in [-0.25, -0.2) is 8.42 Å². The highest BCUT2D eigenvalue weighted by atomic mass is 35.7. The van der Waals surface area contributed by atoms with E-state index in [-0.39, 0.29) is 29.7 Å². The van der Waals surface area contributed by atoms with E-state index in [0.717, 1.165) is 0 Å². The highest BCUT2D eigenvalue weighted by Gasteiger charge is 2.49. The average molecular weight is 468 g/mol. The molecule has 2 aromatic carbocycles. The van der Waals surface area contributed by atoms with Crippen LogP contribution < -0.4 is 10.6 Å². The lowest BCUT2D eigenvalue weighted by molar-refractivity contribution is -0.142. The van der Waals surface area contributed by atoms with E-state index in [4.69, 9.17) is 22.3 Å². The summed E-state index contributed by atoms with van der Waals surface area (Å²) >= 11 is 6.11. The third kappa shape index (κ3) is 3.80. The molecule has 2 aromatic rings. The fourth-order valence-corrected chi connectivity index (χ4v) is 5.18. The van der Waals surface area contributed by atoms with E-state index in [0.29, 0.717) is 40.5 Å². The van der Waals surface area contributed by atoms with Gasteiger partial charge in [0, 0.05) is 41.0 Å². The van der Waals surface area contributed by atoms with Gasteiger partial charge in [0.25, 0.3) is 9.05 Å². The minimum atomic E-state index is -4.05. The van der Waals surface area contributed by atoms with E-state index >= 15 is 0 Å². The number of rotatable bonds is 5. The molecule has 2 heterocycles. The molecule has 2 amide bonds. The first kappa shape index (κ1) is 21.1. The second-order valence-electron chi connectivity index (χ2n) is 7.68. The van der Waals surface area contributed by atoms with Gasteiger partial charge >= 0.3 is 0 Å². The molecule has 0 radical (unpaired) electrons. The Bertz CT molecular complexity index is 1170. The van der Waals surface area contributed by atoms with Crippen molar-refractivity contribution in [3.63, 3.8) is 0 Å². The molecule has 1 unspecified atom stereocenters. The molecular weight excluding hydrogens is 449 g/mol. The number of fused-ring (bicyclic) bond motifs is 1. The fourth-order valence-electron chi connectivity index (χ4n) is 3.81. The molecule has 1 saturated heterocycles. The molecule has 0 bridgehead atoms. The molecule has 10 heteroatoms. The Morgan fingerprint density at radius 1 is 1.27 bits per heavy atom. The lowest BCUT2D eigenvalue weighted by Crippen LogP contribution is -2.70. The van der Waals surface area contributed by atoms with Gasteiger partial charge in [-0.2, -0.15) is 0 Å². The van der Waals surface area contributed by atoms with Crippen LogP contribution in [0.3, 0.4) is 0 Å². The largest absolute Gasteiger partial charge is 0.352 e. The number of carbonyl (C=O) groups is 2. The van der Waals surface area contributed by atoms with Crippen molar-refractivity contribution in [3.05, 3.63) is 58.1 Å². The first-order valence-corrected chi connectivity index (χ1v) is 11.9. The first-order chi connectivity index (χ1) is 14.1. The van der Waals surface area contributed by atoms with Gasteiger partial charge in [0.15, 0.2) is 0 Å². The monoisotopic (exact) mass is 467 g/mol. The van der Waals surface area contributed by atoms with Crippen LogP contribution in [0.4, 0.5) is 5.69 Å². The maximum atomic E-state index is 12.5. The summed E-state index contributed by atoms with van der Waals surface area (Å²) < 4.78 is 24.4. The number of hydrogen-bond acceptors (Lipinski definition) is 5. The number of anilines is 1. The predicted molar refractivity (Wildman–Crippen MR) is 114 cm³/mol. The Kier molecular flexibility index (Phi) is 5.30. The first-order valence-electron chi connectivity index (χ1n) is 9.25. The van der Waals surface area contributed by atoms with Gasteiger partial charge < -0.3 is 10.6 Å². The van der Waals surface area contributed by atoms with E-state index in [2.05, 4.69) is 10.6 Å². The van der Waals surface area contributed by atoms with Crippen molar-refractivity contribution in [3.8, 4) is 0 Å². The van der Waals surface area contributed by atoms with Crippen LogP contribution >= 0.6 is 22.3 Å². The summed E-state index contributed by atoms with van der Waals surface area (Å²) in [6.45, 7) is 2.98. The molecule has 7 nitrogen and oxygen atoms in total. The third-order valence-corrected chi connectivity index (χ3v) is 7.40. The van der Waals surface area contributed by atoms with Crippen LogP contribution in [-0.2, 0) is 38.2 Å². The predicted octanol–water partition coefficient (Wildman–Crippen LogP) is 2.65. The lowest BCUT2D eigenvalue weighted by atomic mass is 9.92. The van der Waals surface area contributed by atoms with Crippen LogP contribution in [-0.4, -0.2) is 37.2 Å². The minimum absolute atomic E-state index is 0.0457. The highest BCUT2D eigenvalue weighted by molar-refractivity contribution is 8.13. The van der Waals surface area contributed by atoms with E-state index in [1.165, 1.54) is 6.07 Å². The van der Waals surface area contributed by atoms with Crippen LogP contribution in [0.15, 0.2) is 41.3 Å². The number of benzene rings is 2. The quantitative estimate of drug-likeness (QED) is 0.520. The maximum absolute atomic E-state index is 12.5. The van der Waals surface area contributed by atoms with E-state index in [9.17, 15) is 18.0 Å². The van der Waals surface area contributed by atoms with Crippen LogP contribution in [0.25, 0.3) is 0 Å². The Balaban J connectivity index is 1.61.